The second-order valence-corrected chi connectivity index (χ2v) is 10.2. The largest absolute Gasteiger partial charge is 0.456 e. The highest BCUT2D eigenvalue weighted by Gasteiger charge is 2.20. The van der Waals surface area contributed by atoms with Crippen LogP contribution in [0, 0.1) is 22.7 Å². The van der Waals surface area contributed by atoms with Crippen LogP contribution in [0.1, 0.15) is 11.3 Å². The third-order valence-corrected chi connectivity index (χ3v) is 7.95. The average Bonchev–Trinajstić information content (AvgIpc) is 3.60. The van der Waals surface area contributed by atoms with Crippen LogP contribution in [0.3, 0.4) is 0 Å². The molecule has 8 aromatic rings. The van der Waals surface area contributed by atoms with Crippen LogP contribution in [0.15, 0.2) is 126 Å². The third kappa shape index (κ3) is 3.45. The van der Waals surface area contributed by atoms with E-state index in [0.717, 1.165) is 66.1 Å². The first kappa shape index (κ1) is 23.7. The number of hydrogen-bond acceptors (Lipinski definition) is 4. The van der Waals surface area contributed by atoms with Gasteiger partial charge in [-0.25, -0.2) is 4.98 Å². The lowest BCUT2D eigenvalue weighted by Gasteiger charge is -2.13. The van der Waals surface area contributed by atoms with Gasteiger partial charge in [0.2, 0.25) is 0 Å². The van der Waals surface area contributed by atoms with Gasteiger partial charge in [-0.2, -0.15) is 10.5 Å². The third-order valence-electron chi connectivity index (χ3n) is 7.95. The van der Waals surface area contributed by atoms with E-state index in [0.29, 0.717) is 16.8 Å². The molecule has 0 N–H and O–H groups in total. The molecule has 8 rings (SSSR count). The molecule has 0 fully saturated rings. The van der Waals surface area contributed by atoms with Crippen LogP contribution in [-0.2, 0) is 0 Å². The predicted molar refractivity (Wildman–Crippen MR) is 166 cm³/mol. The summed E-state index contributed by atoms with van der Waals surface area (Å²) in [5, 5.41) is 24.6. The minimum Gasteiger partial charge on any atom is -0.456 e. The van der Waals surface area contributed by atoms with E-state index in [1.165, 1.54) is 0 Å². The van der Waals surface area contributed by atoms with Crippen molar-refractivity contribution in [1.29, 1.82) is 10.5 Å². The van der Waals surface area contributed by atoms with Crippen molar-refractivity contribution in [3.05, 3.63) is 133 Å². The van der Waals surface area contributed by atoms with E-state index in [-0.39, 0.29) is 0 Å². The van der Waals surface area contributed by atoms with Crippen molar-refractivity contribution in [1.82, 2.24) is 9.55 Å². The summed E-state index contributed by atoms with van der Waals surface area (Å²) in [6.45, 7) is 0. The summed E-state index contributed by atoms with van der Waals surface area (Å²) in [7, 11) is 0. The van der Waals surface area contributed by atoms with Gasteiger partial charge in [0.1, 0.15) is 29.0 Å². The molecule has 42 heavy (non-hydrogen) atoms. The lowest BCUT2D eigenvalue weighted by Crippen LogP contribution is -1.99. The highest BCUT2D eigenvalue weighted by molar-refractivity contribution is 6.27. The molecule has 0 spiro atoms. The molecule has 0 saturated carbocycles. The molecule has 0 saturated heterocycles. The fourth-order valence-corrected chi connectivity index (χ4v) is 6.08. The molecule has 5 heteroatoms. The van der Waals surface area contributed by atoms with Crippen molar-refractivity contribution in [2.24, 2.45) is 0 Å². The molecule has 0 aliphatic rings. The van der Waals surface area contributed by atoms with Crippen molar-refractivity contribution in [2.45, 2.75) is 0 Å². The second kappa shape index (κ2) is 9.20. The Labute approximate surface area is 240 Å². The van der Waals surface area contributed by atoms with Crippen LogP contribution in [0.4, 0.5) is 0 Å². The number of benzene rings is 5. The van der Waals surface area contributed by atoms with E-state index < -0.39 is 0 Å². The predicted octanol–water partition coefficient (Wildman–Crippen LogP) is 9.16. The number of rotatable bonds is 3. The first-order valence-corrected chi connectivity index (χ1v) is 13.6. The number of hydrogen-bond donors (Lipinski definition) is 0. The summed E-state index contributed by atoms with van der Waals surface area (Å²) >= 11 is 0. The van der Waals surface area contributed by atoms with E-state index in [1.54, 1.807) is 6.20 Å². The molecular weight excluding hydrogens is 516 g/mol. The van der Waals surface area contributed by atoms with E-state index in [9.17, 15) is 10.5 Å². The summed E-state index contributed by atoms with van der Waals surface area (Å²) in [5.41, 5.74) is 8.63. The van der Waals surface area contributed by atoms with Gasteiger partial charge in [0, 0.05) is 38.9 Å². The molecule has 194 valence electrons. The number of para-hydroxylation sites is 2. The zero-order chi connectivity index (χ0) is 28.2. The summed E-state index contributed by atoms with van der Waals surface area (Å²) in [6, 6.07) is 42.8. The van der Waals surface area contributed by atoms with Crippen LogP contribution in [0.25, 0.3) is 71.7 Å². The highest BCUT2D eigenvalue weighted by Crippen LogP contribution is 2.42. The molecule has 0 aliphatic heterocycles. The molecule has 0 amide bonds. The molecule has 0 radical (unpaired) electrons. The van der Waals surface area contributed by atoms with Crippen molar-refractivity contribution in [3.63, 3.8) is 0 Å². The Morgan fingerprint density at radius 3 is 2.21 bits per heavy atom. The Kier molecular flexibility index (Phi) is 5.19. The van der Waals surface area contributed by atoms with E-state index in [2.05, 4.69) is 46.0 Å². The first-order valence-electron chi connectivity index (χ1n) is 13.6. The number of aromatic nitrogens is 2. The SMILES string of the molecule is N#Cc1cc(-c2cc(-c3ccccc3)cnc2C#N)ccc1-n1c2ccccc2c2c3c(ccc21)oc1ccccc13. The molecule has 3 aromatic heterocycles. The van der Waals surface area contributed by atoms with Gasteiger partial charge in [0.25, 0.3) is 0 Å². The van der Waals surface area contributed by atoms with Gasteiger partial charge in [-0.05, 0) is 53.6 Å². The molecule has 5 nitrogen and oxygen atoms in total. The van der Waals surface area contributed by atoms with Crippen LogP contribution >= 0.6 is 0 Å². The average molecular weight is 537 g/mol. The Bertz CT molecular complexity index is 2440. The Balaban J connectivity index is 1.38. The normalized spacial score (nSPS) is 11.3. The monoisotopic (exact) mass is 536 g/mol. The Hall–Kier alpha value is -6.17. The van der Waals surface area contributed by atoms with Gasteiger partial charge in [-0.15, -0.1) is 0 Å². The summed E-state index contributed by atoms with van der Waals surface area (Å²) in [4.78, 5) is 4.45. The summed E-state index contributed by atoms with van der Waals surface area (Å²) < 4.78 is 8.35. The maximum absolute atomic E-state index is 10.4. The smallest absolute Gasteiger partial charge is 0.148 e. The summed E-state index contributed by atoms with van der Waals surface area (Å²) in [6.07, 6.45) is 1.72. The topological polar surface area (TPSA) is 78.5 Å². The molecule has 5 aromatic carbocycles. The first-order chi connectivity index (χ1) is 20.7. The number of furan rings is 1. The van der Waals surface area contributed by atoms with Crippen molar-refractivity contribution < 1.29 is 4.42 Å². The summed E-state index contributed by atoms with van der Waals surface area (Å²) in [5.74, 6) is 0. The van der Waals surface area contributed by atoms with Crippen LogP contribution < -0.4 is 0 Å². The van der Waals surface area contributed by atoms with Gasteiger partial charge in [-0.1, -0.05) is 72.8 Å². The molecule has 0 aliphatic carbocycles. The van der Waals surface area contributed by atoms with E-state index >= 15 is 0 Å². The second-order valence-electron chi connectivity index (χ2n) is 10.2. The lowest BCUT2D eigenvalue weighted by atomic mass is 9.97. The van der Waals surface area contributed by atoms with Gasteiger partial charge < -0.3 is 8.98 Å². The fraction of sp³-hybridized carbons (Fsp3) is 0. The molecule has 0 unspecified atom stereocenters. The van der Waals surface area contributed by atoms with E-state index in [4.69, 9.17) is 4.42 Å². The fourth-order valence-electron chi connectivity index (χ4n) is 6.08. The number of nitrogens with zero attached hydrogens (tertiary/aromatic N) is 4. The van der Waals surface area contributed by atoms with Crippen molar-refractivity contribution in [2.75, 3.05) is 0 Å². The van der Waals surface area contributed by atoms with Crippen molar-refractivity contribution in [3.8, 4) is 40.1 Å². The highest BCUT2D eigenvalue weighted by atomic mass is 16.3. The van der Waals surface area contributed by atoms with Crippen molar-refractivity contribution >= 4 is 43.7 Å². The zero-order valence-electron chi connectivity index (χ0n) is 22.2. The van der Waals surface area contributed by atoms with Gasteiger partial charge in [0.05, 0.1) is 22.3 Å². The minimum atomic E-state index is 0.317. The van der Waals surface area contributed by atoms with E-state index in [1.807, 2.05) is 91.0 Å². The van der Waals surface area contributed by atoms with Gasteiger partial charge in [0.15, 0.2) is 0 Å². The minimum absolute atomic E-state index is 0.317. The molecule has 0 bridgehead atoms. The zero-order valence-corrected chi connectivity index (χ0v) is 22.2. The standard InChI is InChI=1S/C37H20N4O/c38-20-25-18-24(29-19-26(22-40-30(29)21-39)23-8-2-1-3-9-23)14-15-31(25)41-32-12-6-4-10-27(32)36-33(41)16-17-35-37(36)28-11-5-7-13-34(28)42-35/h1-19,22H. The number of fused-ring (bicyclic) bond motifs is 7. The maximum Gasteiger partial charge on any atom is 0.148 e. The van der Waals surface area contributed by atoms with Gasteiger partial charge in [-0.3, -0.25) is 0 Å². The van der Waals surface area contributed by atoms with Gasteiger partial charge >= 0.3 is 0 Å². The van der Waals surface area contributed by atoms with Crippen LogP contribution in [-0.4, -0.2) is 9.55 Å². The number of pyridine rings is 1. The van der Waals surface area contributed by atoms with Crippen LogP contribution in [0.2, 0.25) is 0 Å². The van der Waals surface area contributed by atoms with Crippen LogP contribution in [0.5, 0.6) is 0 Å². The Morgan fingerprint density at radius 1 is 0.595 bits per heavy atom. The molecule has 0 atom stereocenters. The Morgan fingerprint density at radius 2 is 1.38 bits per heavy atom. The number of nitriles is 2. The molecule has 3 heterocycles. The molecular formula is C37H20N4O. The quantitative estimate of drug-likeness (QED) is 0.225. The maximum atomic E-state index is 10.4. The lowest BCUT2D eigenvalue weighted by molar-refractivity contribution is 0.669.